The maximum absolute atomic E-state index is 13.3. The number of benzene rings is 1. The van der Waals surface area contributed by atoms with E-state index in [0.29, 0.717) is 5.78 Å². The minimum atomic E-state index is -0.262. The van der Waals surface area contributed by atoms with Crippen LogP contribution in [0.3, 0.4) is 0 Å². The number of likely N-dealkylation sites (tertiary alicyclic amines) is 1. The molecule has 1 atom stereocenters. The lowest BCUT2D eigenvalue weighted by atomic mass is 10.0. The lowest BCUT2D eigenvalue weighted by Crippen LogP contribution is -2.34. The van der Waals surface area contributed by atoms with Gasteiger partial charge in [-0.25, -0.2) is 14.4 Å². The van der Waals surface area contributed by atoms with Gasteiger partial charge in [0.2, 0.25) is 11.7 Å². The molecule has 2 aromatic heterocycles. The van der Waals surface area contributed by atoms with Gasteiger partial charge in [0.25, 0.3) is 0 Å². The van der Waals surface area contributed by atoms with E-state index in [1.807, 2.05) is 15.4 Å². The minimum absolute atomic E-state index is 0.110. The van der Waals surface area contributed by atoms with Gasteiger partial charge in [0.1, 0.15) is 5.82 Å². The molecule has 1 aliphatic rings. The molecule has 0 unspecified atom stereocenters. The number of carbonyl (C=O) groups is 1. The van der Waals surface area contributed by atoms with E-state index in [4.69, 9.17) is 0 Å². The third-order valence-electron chi connectivity index (χ3n) is 5.83. The Bertz CT molecular complexity index is 978. The Morgan fingerprint density at radius 1 is 1.18 bits per heavy atom. The van der Waals surface area contributed by atoms with Crippen LogP contribution >= 0.6 is 0 Å². The van der Waals surface area contributed by atoms with Gasteiger partial charge in [0, 0.05) is 42.4 Å². The Balaban J connectivity index is 1.67. The van der Waals surface area contributed by atoms with Crippen molar-refractivity contribution in [3.63, 3.8) is 0 Å². The molecule has 1 aliphatic heterocycles. The number of carbonyl (C=O) groups excluding carboxylic acids is 1. The van der Waals surface area contributed by atoms with Crippen LogP contribution in [-0.4, -0.2) is 38.3 Å². The molecule has 0 radical (unpaired) electrons. The SMILES string of the molecule is CCC(CC)C(=O)N1CC[C@H](c2ccnc3ncc(-c4ccc(F)cc4)n23)C1. The van der Waals surface area contributed by atoms with Crippen LogP contribution in [-0.2, 0) is 4.79 Å². The first-order chi connectivity index (χ1) is 13.6. The van der Waals surface area contributed by atoms with Gasteiger partial charge in [0.05, 0.1) is 11.9 Å². The molecule has 146 valence electrons. The van der Waals surface area contributed by atoms with Gasteiger partial charge < -0.3 is 4.90 Å². The highest BCUT2D eigenvalue weighted by molar-refractivity contribution is 5.79. The molecule has 3 heterocycles. The highest BCUT2D eigenvalue weighted by Gasteiger charge is 2.31. The van der Waals surface area contributed by atoms with Crippen molar-refractivity contribution < 1.29 is 9.18 Å². The summed E-state index contributed by atoms with van der Waals surface area (Å²) in [5.41, 5.74) is 2.88. The Labute approximate surface area is 164 Å². The van der Waals surface area contributed by atoms with Crippen LogP contribution in [0, 0.1) is 11.7 Å². The van der Waals surface area contributed by atoms with Crippen molar-refractivity contribution in [2.45, 2.75) is 39.0 Å². The van der Waals surface area contributed by atoms with Crippen molar-refractivity contribution in [2.24, 2.45) is 5.92 Å². The molecule has 0 N–H and O–H groups in total. The number of nitrogens with zero attached hydrogens (tertiary/aromatic N) is 4. The van der Waals surface area contributed by atoms with Gasteiger partial charge in [-0.3, -0.25) is 9.20 Å². The minimum Gasteiger partial charge on any atom is -0.342 e. The number of halogens is 1. The normalized spacial score (nSPS) is 17.0. The van der Waals surface area contributed by atoms with Crippen LogP contribution in [0.1, 0.15) is 44.7 Å². The molecule has 28 heavy (non-hydrogen) atoms. The number of rotatable bonds is 5. The lowest BCUT2D eigenvalue weighted by molar-refractivity contribution is -0.134. The number of amides is 1. The molecular weight excluding hydrogens is 355 g/mol. The first kappa shape index (κ1) is 18.6. The van der Waals surface area contributed by atoms with Crippen molar-refractivity contribution in [2.75, 3.05) is 13.1 Å². The summed E-state index contributed by atoms with van der Waals surface area (Å²) in [4.78, 5) is 23.6. The fraction of sp³-hybridized carbons (Fsp3) is 0.409. The van der Waals surface area contributed by atoms with Gasteiger partial charge in [0.15, 0.2) is 0 Å². The predicted molar refractivity (Wildman–Crippen MR) is 106 cm³/mol. The Hall–Kier alpha value is -2.76. The van der Waals surface area contributed by atoms with Crippen molar-refractivity contribution >= 4 is 11.7 Å². The highest BCUT2D eigenvalue weighted by atomic mass is 19.1. The smallest absolute Gasteiger partial charge is 0.234 e. The third kappa shape index (κ3) is 3.28. The summed E-state index contributed by atoms with van der Waals surface area (Å²) in [6.07, 6.45) is 6.24. The van der Waals surface area contributed by atoms with Gasteiger partial charge >= 0.3 is 0 Å². The molecule has 1 amide bonds. The van der Waals surface area contributed by atoms with Gasteiger partial charge in [-0.15, -0.1) is 0 Å². The molecule has 1 aromatic carbocycles. The number of aromatic nitrogens is 3. The van der Waals surface area contributed by atoms with Crippen LogP contribution in [0.25, 0.3) is 17.0 Å². The summed E-state index contributed by atoms with van der Waals surface area (Å²) in [6, 6.07) is 8.44. The Morgan fingerprint density at radius 2 is 1.93 bits per heavy atom. The van der Waals surface area contributed by atoms with E-state index < -0.39 is 0 Å². The van der Waals surface area contributed by atoms with Crippen LogP contribution < -0.4 is 0 Å². The van der Waals surface area contributed by atoms with E-state index >= 15 is 0 Å². The number of imidazole rings is 1. The summed E-state index contributed by atoms with van der Waals surface area (Å²) in [6.45, 7) is 5.65. The Morgan fingerprint density at radius 3 is 2.64 bits per heavy atom. The number of hydrogen-bond donors (Lipinski definition) is 0. The summed E-state index contributed by atoms with van der Waals surface area (Å²) in [5, 5.41) is 0. The first-order valence-electron chi connectivity index (χ1n) is 9.99. The first-order valence-corrected chi connectivity index (χ1v) is 9.99. The lowest BCUT2D eigenvalue weighted by Gasteiger charge is -2.22. The largest absolute Gasteiger partial charge is 0.342 e. The monoisotopic (exact) mass is 380 g/mol. The second-order valence-corrected chi connectivity index (χ2v) is 7.44. The third-order valence-corrected chi connectivity index (χ3v) is 5.83. The summed E-state index contributed by atoms with van der Waals surface area (Å²) in [7, 11) is 0. The molecule has 0 bridgehead atoms. The van der Waals surface area contributed by atoms with Crippen molar-refractivity contribution in [3.05, 3.63) is 54.2 Å². The molecular formula is C22H25FN4O. The molecule has 1 fully saturated rings. The molecule has 4 rings (SSSR count). The second kappa shape index (κ2) is 7.70. The quantitative estimate of drug-likeness (QED) is 0.664. The molecule has 5 nitrogen and oxygen atoms in total. The maximum Gasteiger partial charge on any atom is 0.234 e. The predicted octanol–water partition coefficient (Wildman–Crippen LogP) is 4.29. The second-order valence-electron chi connectivity index (χ2n) is 7.44. The maximum atomic E-state index is 13.3. The zero-order chi connectivity index (χ0) is 19.7. The number of hydrogen-bond acceptors (Lipinski definition) is 3. The van der Waals surface area contributed by atoms with Gasteiger partial charge in [-0.1, -0.05) is 13.8 Å². The molecule has 6 heteroatoms. The topological polar surface area (TPSA) is 50.5 Å². The summed E-state index contributed by atoms with van der Waals surface area (Å²) < 4.78 is 15.4. The molecule has 1 saturated heterocycles. The van der Waals surface area contributed by atoms with E-state index in [9.17, 15) is 9.18 Å². The van der Waals surface area contributed by atoms with Crippen LogP contribution in [0.15, 0.2) is 42.7 Å². The van der Waals surface area contributed by atoms with E-state index in [-0.39, 0.29) is 23.6 Å². The van der Waals surface area contributed by atoms with Crippen LogP contribution in [0.4, 0.5) is 4.39 Å². The standard InChI is InChI=1S/C22H25FN4O/c1-3-15(4-2)21(28)26-12-10-17(14-26)19-9-11-24-22-25-13-20(27(19)22)16-5-7-18(23)8-6-16/h5-9,11,13,15,17H,3-4,10,12,14H2,1-2H3/t17-/m0/s1. The molecule has 0 saturated carbocycles. The number of fused-ring (bicyclic) bond motifs is 1. The zero-order valence-corrected chi connectivity index (χ0v) is 16.3. The van der Waals surface area contributed by atoms with E-state index in [0.717, 1.165) is 49.3 Å². The van der Waals surface area contributed by atoms with Gasteiger partial charge in [-0.2, -0.15) is 0 Å². The van der Waals surface area contributed by atoms with E-state index in [1.54, 1.807) is 24.5 Å². The molecule has 0 aliphatic carbocycles. The fourth-order valence-electron chi connectivity index (χ4n) is 4.18. The van der Waals surface area contributed by atoms with Crippen LogP contribution in [0.2, 0.25) is 0 Å². The van der Waals surface area contributed by atoms with Gasteiger partial charge in [-0.05, 0) is 49.6 Å². The fourth-order valence-corrected chi connectivity index (χ4v) is 4.18. The van der Waals surface area contributed by atoms with Crippen molar-refractivity contribution in [3.8, 4) is 11.3 Å². The summed E-state index contributed by atoms with van der Waals surface area (Å²) >= 11 is 0. The van der Waals surface area contributed by atoms with Crippen molar-refractivity contribution in [1.82, 2.24) is 19.3 Å². The van der Waals surface area contributed by atoms with E-state index in [2.05, 4.69) is 23.8 Å². The zero-order valence-electron chi connectivity index (χ0n) is 16.3. The molecule has 0 spiro atoms. The average molecular weight is 380 g/mol. The Kier molecular flexibility index (Phi) is 5.11. The average Bonchev–Trinajstić information content (AvgIpc) is 3.37. The van der Waals surface area contributed by atoms with E-state index in [1.165, 1.54) is 12.1 Å². The van der Waals surface area contributed by atoms with Crippen molar-refractivity contribution in [1.29, 1.82) is 0 Å². The highest BCUT2D eigenvalue weighted by Crippen LogP contribution is 2.31. The van der Waals surface area contributed by atoms with Crippen LogP contribution in [0.5, 0.6) is 0 Å². The molecule has 3 aromatic rings. The summed E-state index contributed by atoms with van der Waals surface area (Å²) in [5.74, 6) is 0.975.